The van der Waals surface area contributed by atoms with Crippen molar-refractivity contribution in [2.75, 3.05) is 0 Å². The maximum absolute atomic E-state index is 9.46. The van der Waals surface area contributed by atoms with Crippen molar-refractivity contribution in [1.29, 1.82) is 0 Å². The summed E-state index contributed by atoms with van der Waals surface area (Å²) in [5.74, 6) is 0. The highest BCUT2D eigenvalue weighted by atomic mass is 16.4. The fourth-order valence-electron chi connectivity index (χ4n) is 3.32. The van der Waals surface area contributed by atoms with Crippen molar-refractivity contribution in [3.8, 4) is 0 Å². The van der Waals surface area contributed by atoms with Crippen LogP contribution in [0.25, 0.3) is 11.1 Å². The topological polar surface area (TPSA) is 40.5 Å². The molecular formula is C26H23BO2. The third-order valence-electron chi connectivity index (χ3n) is 4.68. The maximum atomic E-state index is 9.46. The summed E-state index contributed by atoms with van der Waals surface area (Å²) in [4.78, 5) is 0. The number of hydrogen-bond donors (Lipinski definition) is 2. The summed E-state index contributed by atoms with van der Waals surface area (Å²) in [5, 5.41) is 18.9. The quantitative estimate of drug-likeness (QED) is 0.358. The van der Waals surface area contributed by atoms with E-state index in [2.05, 4.69) is 37.4 Å². The third-order valence-corrected chi connectivity index (χ3v) is 4.68. The first-order valence-electron chi connectivity index (χ1n) is 9.42. The van der Waals surface area contributed by atoms with Gasteiger partial charge in [0.05, 0.1) is 0 Å². The molecule has 142 valence electrons. The molecule has 2 nitrogen and oxygen atoms in total. The summed E-state index contributed by atoms with van der Waals surface area (Å²) in [6, 6.07) is 27.7. The molecule has 3 aromatic rings. The van der Waals surface area contributed by atoms with Gasteiger partial charge in [-0.3, -0.25) is 0 Å². The van der Waals surface area contributed by atoms with Crippen LogP contribution in [-0.2, 0) is 0 Å². The molecule has 0 saturated heterocycles. The van der Waals surface area contributed by atoms with Gasteiger partial charge < -0.3 is 10.0 Å². The average Bonchev–Trinajstić information content (AvgIpc) is 2.77. The molecule has 0 fully saturated rings. The minimum Gasteiger partial charge on any atom is -0.423 e. The van der Waals surface area contributed by atoms with Gasteiger partial charge in [-0.1, -0.05) is 116 Å². The lowest BCUT2D eigenvalue weighted by Gasteiger charge is -2.19. The van der Waals surface area contributed by atoms with Crippen LogP contribution in [0.1, 0.15) is 16.7 Å². The van der Waals surface area contributed by atoms with E-state index in [1.54, 1.807) is 18.2 Å². The molecule has 0 aliphatic carbocycles. The number of rotatable bonds is 7. The van der Waals surface area contributed by atoms with Crippen LogP contribution in [0.2, 0.25) is 0 Å². The molecule has 3 rings (SSSR count). The second kappa shape index (κ2) is 9.69. The Morgan fingerprint density at radius 2 is 1.21 bits per heavy atom. The molecular weight excluding hydrogens is 355 g/mol. The van der Waals surface area contributed by atoms with Gasteiger partial charge in [0.15, 0.2) is 0 Å². The van der Waals surface area contributed by atoms with E-state index in [4.69, 9.17) is 0 Å². The molecule has 0 spiro atoms. The minimum atomic E-state index is -1.50. The van der Waals surface area contributed by atoms with Gasteiger partial charge in [-0.2, -0.15) is 0 Å². The Hall–Kier alpha value is -3.40. The Morgan fingerprint density at radius 1 is 0.690 bits per heavy atom. The monoisotopic (exact) mass is 378 g/mol. The Bertz CT molecular complexity index is 990. The summed E-state index contributed by atoms with van der Waals surface area (Å²) >= 11 is 0. The largest absolute Gasteiger partial charge is 0.488 e. The van der Waals surface area contributed by atoms with Crippen molar-refractivity contribution in [2.24, 2.45) is 0 Å². The summed E-state index contributed by atoms with van der Waals surface area (Å²) in [7, 11) is -1.50. The zero-order chi connectivity index (χ0) is 20.6. The number of hydrogen-bond acceptors (Lipinski definition) is 2. The highest BCUT2D eigenvalue weighted by Gasteiger charge is 2.17. The van der Waals surface area contributed by atoms with E-state index in [1.807, 2.05) is 60.7 Å². The van der Waals surface area contributed by atoms with Crippen LogP contribution < -0.4 is 5.46 Å². The summed E-state index contributed by atoms with van der Waals surface area (Å²) in [5.41, 5.74) is 6.55. The van der Waals surface area contributed by atoms with Gasteiger partial charge in [-0.25, -0.2) is 0 Å². The molecule has 29 heavy (non-hydrogen) atoms. The fraction of sp³-hybridized carbons (Fsp3) is 0. The number of allylic oxidation sites excluding steroid dienone is 5. The molecule has 0 atom stereocenters. The van der Waals surface area contributed by atoms with Gasteiger partial charge in [0, 0.05) is 0 Å². The maximum Gasteiger partial charge on any atom is 0.488 e. The fourth-order valence-corrected chi connectivity index (χ4v) is 3.32. The normalized spacial score (nSPS) is 10.9. The lowest BCUT2D eigenvalue weighted by atomic mass is 9.78. The lowest BCUT2D eigenvalue weighted by Crippen LogP contribution is -2.29. The van der Waals surface area contributed by atoms with Crippen LogP contribution in [0.3, 0.4) is 0 Å². The van der Waals surface area contributed by atoms with Crippen LogP contribution in [0.15, 0.2) is 122 Å². The van der Waals surface area contributed by atoms with E-state index in [1.165, 1.54) is 0 Å². The second-order valence-corrected chi connectivity index (χ2v) is 6.54. The average molecular weight is 378 g/mol. The van der Waals surface area contributed by atoms with Gasteiger partial charge in [0.1, 0.15) is 0 Å². The zero-order valence-electron chi connectivity index (χ0n) is 16.2. The predicted octanol–water partition coefficient (Wildman–Crippen LogP) is 4.62. The summed E-state index contributed by atoms with van der Waals surface area (Å²) in [6.07, 6.45) is 5.50. The van der Waals surface area contributed by atoms with E-state index >= 15 is 0 Å². The van der Waals surface area contributed by atoms with E-state index in [9.17, 15) is 10.0 Å². The van der Waals surface area contributed by atoms with Crippen molar-refractivity contribution in [1.82, 2.24) is 0 Å². The Labute approximate surface area is 172 Å². The highest BCUT2D eigenvalue weighted by Crippen LogP contribution is 2.37. The van der Waals surface area contributed by atoms with Crippen LogP contribution in [0, 0.1) is 0 Å². The Balaban J connectivity index is 2.38. The molecule has 0 aliphatic rings. The molecule has 0 heterocycles. The van der Waals surface area contributed by atoms with Crippen molar-refractivity contribution < 1.29 is 10.0 Å². The van der Waals surface area contributed by atoms with Crippen LogP contribution in [-0.4, -0.2) is 17.2 Å². The first kappa shape index (κ1) is 20.3. The minimum absolute atomic E-state index is 0.446. The summed E-state index contributed by atoms with van der Waals surface area (Å²) in [6.45, 7) is 7.87. The molecule has 0 amide bonds. The van der Waals surface area contributed by atoms with Crippen LogP contribution >= 0.6 is 0 Å². The van der Waals surface area contributed by atoms with E-state index in [-0.39, 0.29) is 0 Å². The van der Waals surface area contributed by atoms with Crippen molar-refractivity contribution in [2.45, 2.75) is 0 Å². The van der Waals surface area contributed by atoms with E-state index in [0.29, 0.717) is 5.46 Å². The predicted molar refractivity (Wildman–Crippen MR) is 124 cm³/mol. The van der Waals surface area contributed by atoms with Crippen LogP contribution in [0.4, 0.5) is 0 Å². The van der Waals surface area contributed by atoms with Gasteiger partial charge >= 0.3 is 7.12 Å². The second-order valence-electron chi connectivity index (χ2n) is 6.54. The molecule has 3 aromatic carbocycles. The van der Waals surface area contributed by atoms with Gasteiger partial charge in [-0.05, 0) is 38.9 Å². The molecule has 3 heteroatoms. The van der Waals surface area contributed by atoms with Gasteiger partial charge in [0.2, 0.25) is 0 Å². The zero-order valence-corrected chi connectivity index (χ0v) is 16.2. The summed E-state index contributed by atoms with van der Waals surface area (Å²) < 4.78 is 0. The Morgan fingerprint density at radius 3 is 1.62 bits per heavy atom. The van der Waals surface area contributed by atoms with E-state index in [0.717, 1.165) is 33.4 Å². The van der Waals surface area contributed by atoms with Crippen molar-refractivity contribution in [3.63, 3.8) is 0 Å². The van der Waals surface area contributed by atoms with Crippen molar-refractivity contribution in [3.05, 3.63) is 139 Å². The standard InChI is InChI=1S/C26H23BO2/c1-3-11-20(4-2)25(23-16-18-24(19-17-23)27(28)29)26(21-12-7-5-8-13-21)22-14-9-6-10-15-22/h3-19,28-29H,1-2H2/b20-11+. The highest BCUT2D eigenvalue weighted by molar-refractivity contribution is 6.58. The molecule has 0 unspecified atom stereocenters. The molecule has 0 bridgehead atoms. The van der Waals surface area contributed by atoms with Crippen LogP contribution in [0.5, 0.6) is 0 Å². The van der Waals surface area contributed by atoms with Gasteiger partial charge in [0.25, 0.3) is 0 Å². The first-order valence-corrected chi connectivity index (χ1v) is 9.42. The molecule has 2 N–H and O–H groups in total. The molecule has 0 aromatic heterocycles. The first-order chi connectivity index (χ1) is 14.2. The molecule has 0 radical (unpaired) electrons. The third kappa shape index (κ3) is 4.72. The van der Waals surface area contributed by atoms with E-state index < -0.39 is 7.12 Å². The smallest absolute Gasteiger partial charge is 0.423 e. The molecule has 0 saturated carbocycles. The van der Waals surface area contributed by atoms with Crippen molar-refractivity contribution >= 4 is 23.7 Å². The Kier molecular flexibility index (Phi) is 6.80. The SMILES string of the molecule is C=C/C=C(\C=C)C(=C(c1ccccc1)c1ccccc1)c1ccc(B(O)O)cc1. The van der Waals surface area contributed by atoms with Gasteiger partial charge in [-0.15, -0.1) is 0 Å². The molecule has 0 aliphatic heterocycles. The lowest BCUT2D eigenvalue weighted by molar-refractivity contribution is 0.426. The number of benzene rings is 3.